The molecule has 1 aliphatic rings. The zero-order valence-electron chi connectivity index (χ0n) is 13.6. The van der Waals surface area contributed by atoms with E-state index >= 15 is 0 Å². The van der Waals surface area contributed by atoms with Crippen molar-refractivity contribution in [3.8, 4) is 0 Å². The van der Waals surface area contributed by atoms with Crippen LogP contribution in [0.1, 0.15) is 11.1 Å². The number of rotatable bonds is 5. The van der Waals surface area contributed by atoms with Crippen LogP contribution in [0.3, 0.4) is 0 Å². The molecule has 2 aromatic carbocycles. The summed E-state index contributed by atoms with van der Waals surface area (Å²) in [7, 11) is 0. The summed E-state index contributed by atoms with van der Waals surface area (Å²) < 4.78 is 0. The van der Waals surface area contributed by atoms with Gasteiger partial charge >= 0.3 is 0 Å². The summed E-state index contributed by atoms with van der Waals surface area (Å²) in [5.41, 5.74) is 2.33. The van der Waals surface area contributed by atoms with Gasteiger partial charge in [-0.3, -0.25) is 19.3 Å². The molecule has 0 aliphatic carbocycles. The van der Waals surface area contributed by atoms with E-state index < -0.39 is 0 Å². The first-order chi connectivity index (χ1) is 12.5. The lowest BCUT2D eigenvalue weighted by atomic mass is 10.2. The van der Waals surface area contributed by atoms with Gasteiger partial charge in [0.05, 0.1) is 12.3 Å². The molecule has 1 aliphatic heterocycles. The Morgan fingerprint density at radius 2 is 1.81 bits per heavy atom. The standard InChI is InChI=1S/C19H15ClN2O3S/c20-15-6-1-13(2-7-15)5-10-17(23)21-16-8-3-14(4-9-16)11-22-18(24)12-26-19(22)25/h1-10H,11-12H2,(H,21,23). The molecule has 26 heavy (non-hydrogen) atoms. The van der Waals surface area contributed by atoms with E-state index in [2.05, 4.69) is 5.32 Å². The number of amides is 3. The zero-order valence-corrected chi connectivity index (χ0v) is 15.2. The maximum atomic E-state index is 12.0. The van der Waals surface area contributed by atoms with Gasteiger partial charge in [-0.25, -0.2) is 0 Å². The average molecular weight is 387 g/mol. The molecule has 132 valence electrons. The Kier molecular flexibility index (Phi) is 5.75. The van der Waals surface area contributed by atoms with Crippen LogP contribution in [0.2, 0.25) is 5.02 Å². The molecule has 7 heteroatoms. The van der Waals surface area contributed by atoms with Gasteiger partial charge in [0.25, 0.3) is 5.24 Å². The lowest BCUT2D eigenvalue weighted by Crippen LogP contribution is -2.27. The van der Waals surface area contributed by atoms with E-state index in [0.29, 0.717) is 10.7 Å². The van der Waals surface area contributed by atoms with Crippen LogP contribution >= 0.6 is 23.4 Å². The smallest absolute Gasteiger partial charge is 0.289 e. The minimum atomic E-state index is -0.256. The monoisotopic (exact) mass is 386 g/mol. The fourth-order valence-electron chi connectivity index (χ4n) is 2.34. The highest BCUT2D eigenvalue weighted by atomic mass is 35.5. The molecule has 3 rings (SSSR count). The van der Waals surface area contributed by atoms with Crippen LogP contribution in [0, 0.1) is 0 Å². The summed E-state index contributed by atoms with van der Waals surface area (Å²) in [6.45, 7) is 0.245. The second kappa shape index (κ2) is 8.21. The molecule has 2 aromatic rings. The lowest BCUT2D eigenvalue weighted by Gasteiger charge is -2.13. The SMILES string of the molecule is O=C(C=Cc1ccc(Cl)cc1)Nc1ccc(CN2C(=O)CSC2=O)cc1. The molecule has 1 saturated heterocycles. The van der Waals surface area contributed by atoms with Crippen LogP contribution in [0.4, 0.5) is 10.5 Å². The Morgan fingerprint density at radius 3 is 2.42 bits per heavy atom. The van der Waals surface area contributed by atoms with Gasteiger partial charge in [-0.1, -0.05) is 47.6 Å². The summed E-state index contributed by atoms with van der Waals surface area (Å²) in [5, 5.41) is 3.18. The number of carbonyl (C=O) groups is 3. The fourth-order valence-corrected chi connectivity index (χ4v) is 3.19. The maximum absolute atomic E-state index is 12.0. The molecule has 0 atom stereocenters. The number of thioether (sulfide) groups is 1. The first-order valence-corrected chi connectivity index (χ1v) is 9.18. The van der Waals surface area contributed by atoms with E-state index in [1.54, 1.807) is 42.5 Å². The van der Waals surface area contributed by atoms with E-state index in [1.165, 1.54) is 11.0 Å². The molecule has 0 unspecified atom stereocenters. The molecule has 1 heterocycles. The van der Waals surface area contributed by atoms with Crippen LogP contribution in [0.15, 0.2) is 54.6 Å². The highest BCUT2D eigenvalue weighted by Gasteiger charge is 2.29. The van der Waals surface area contributed by atoms with Crippen LogP contribution < -0.4 is 5.32 Å². The number of anilines is 1. The Labute approximate surface area is 160 Å². The minimum Gasteiger partial charge on any atom is -0.323 e. The largest absolute Gasteiger partial charge is 0.323 e. The molecule has 0 saturated carbocycles. The van der Waals surface area contributed by atoms with Crippen molar-refractivity contribution < 1.29 is 14.4 Å². The lowest BCUT2D eigenvalue weighted by molar-refractivity contribution is -0.125. The van der Waals surface area contributed by atoms with E-state index in [-0.39, 0.29) is 29.4 Å². The van der Waals surface area contributed by atoms with Crippen molar-refractivity contribution >= 4 is 52.2 Å². The molecule has 5 nitrogen and oxygen atoms in total. The maximum Gasteiger partial charge on any atom is 0.289 e. The topological polar surface area (TPSA) is 66.5 Å². The van der Waals surface area contributed by atoms with Crippen molar-refractivity contribution in [3.63, 3.8) is 0 Å². The Morgan fingerprint density at radius 1 is 1.12 bits per heavy atom. The van der Waals surface area contributed by atoms with E-state index in [4.69, 9.17) is 11.6 Å². The second-order valence-corrected chi connectivity index (χ2v) is 6.97. The number of halogens is 1. The Hall–Kier alpha value is -2.57. The third kappa shape index (κ3) is 4.74. The third-order valence-corrected chi connectivity index (χ3v) is 4.81. The average Bonchev–Trinajstić information content (AvgIpc) is 2.95. The van der Waals surface area contributed by atoms with E-state index in [0.717, 1.165) is 22.9 Å². The van der Waals surface area contributed by atoms with Gasteiger partial charge in [0.1, 0.15) is 0 Å². The highest BCUT2D eigenvalue weighted by Crippen LogP contribution is 2.22. The normalized spacial score (nSPS) is 14.3. The number of imide groups is 1. The summed E-state index contributed by atoms with van der Waals surface area (Å²) >= 11 is 6.83. The zero-order chi connectivity index (χ0) is 18.5. The number of carbonyl (C=O) groups excluding carboxylic acids is 3. The van der Waals surface area contributed by atoms with Crippen LogP contribution in [0.25, 0.3) is 6.08 Å². The Balaban J connectivity index is 1.56. The molecule has 0 bridgehead atoms. The summed E-state index contributed by atoms with van der Waals surface area (Å²) in [6.07, 6.45) is 3.14. The molecular weight excluding hydrogens is 372 g/mol. The van der Waals surface area contributed by atoms with Crippen molar-refractivity contribution in [1.29, 1.82) is 0 Å². The predicted octanol–water partition coefficient (Wildman–Crippen LogP) is 4.19. The quantitative estimate of drug-likeness (QED) is 0.782. The van der Waals surface area contributed by atoms with Crippen molar-refractivity contribution in [2.75, 3.05) is 11.1 Å². The number of hydrogen-bond acceptors (Lipinski definition) is 4. The molecule has 0 radical (unpaired) electrons. The van der Waals surface area contributed by atoms with Crippen LogP contribution in [-0.2, 0) is 16.1 Å². The van der Waals surface area contributed by atoms with Gasteiger partial charge in [-0.05, 0) is 41.5 Å². The predicted molar refractivity (Wildman–Crippen MR) is 104 cm³/mol. The van der Waals surface area contributed by atoms with Gasteiger partial charge < -0.3 is 5.32 Å². The second-order valence-electron chi connectivity index (χ2n) is 5.61. The van der Waals surface area contributed by atoms with Crippen molar-refractivity contribution in [3.05, 3.63) is 70.8 Å². The van der Waals surface area contributed by atoms with Gasteiger partial charge in [0.15, 0.2) is 0 Å². The fraction of sp³-hybridized carbons (Fsp3) is 0.105. The molecular formula is C19H15ClN2O3S. The first-order valence-electron chi connectivity index (χ1n) is 7.82. The molecule has 3 amide bonds. The van der Waals surface area contributed by atoms with E-state index in [9.17, 15) is 14.4 Å². The molecule has 0 spiro atoms. The van der Waals surface area contributed by atoms with Crippen molar-refractivity contribution in [1.82, 2.24) is 4.90 Å². The van der Waals surface area contributed by atoms with Gasteiger partial charge in [-0.15, -0.1) is 0 Å². The number of nitrogens with zero attached hydrogens (tertiary/aromatic N) is 1. The number of hydrogen-bond donors (Lipinski definition) is 1. The third-order valence-electron chi connectivity index (χ3n) is 3.70. The van der Waals surface area contributed by atoms with Gasteiger partial charge in [0.2, 0.25) is 11.8 Å². The number of nitrogens with one attached hydrogen (secondary N) is 1. The summed E-state index contributed by atoms with van der Waals surface area (Å²) in [5.74, 6) is -0.230. The molecule has 1 N–H and O–H groups in total. The highest BCUT2D eigenvalue weighted by molar-refractivity contribution is 8.14. The van der Waals surface area contributed by atoms with E-state index in [1.807, 2.05) is 12.1 Å². The van der Waals surface area contributed by atoms with Gasteiger partial charge in [-0.2, -0.15) is 0 Å². The van der Waals surface area contributed by atoms with Crippen LogP contribution in [-0.4, -0.2) is 27.7 Å². The molecule has 0 aromatic heterocycles. The number of benzene rings is 2. The molecule has 1 fully saturated rings. The van der Waals surface area contributed by atoms with Crippen molar-refractivity contribution in [2.45, 2.75) is 6.54 Å². The first kappa shape index (κ1) is 18.2. The Bertz CT molecular complexity index is 847. The minimum absolute atomic E-state index is 0.176. The van der Waals surface area contributed by atoms with Crippen LogP contribution in [0.5, 0.6) is 0 Å². The van der Waals surface area contributed by atoms with Gasteiger partial charge in [0, 0.05) is 16.8 Å². The summed E-state index contributed by atoms with van der Waals surface area (Å²) in [6, 6.07) is 14.2. The van der Waals surface area contributed by atoms with Crippen molar-refractivity contribution in [2.24, 2.45) is 0 Å². The summed E-state index contributed by atoms with van der Waals surface area (Å²) in [4.78, 5) is 36.4.